The first-order valence-corrected chi connectivity index (χ1v) is 6.81. The Morgan fingerprint density at radius 2 is 2.25 bits per heavy atom. The number of hydrogen-bond donors (Lipinski definition) is 1. The number of hydrogen-bond acceptors (Lipinski definition) is 3. The zero-order valence-electron chi connectivity index (χ0n) is 10.6. The summed E-state index contributed by atoms with van der Waals surface area (Å²) in [6.45, 7) is 8.45. The fourth-order valence-corrected chi connectivity index (χ4v) is 3.32. The molecule has 0 unspecified atom stereocenters. The molecule has 0 aromatic rings. The van der Waals surface area contributed by atoms with Gasteiger partial charge in [-0.2, -0.15) is 0 Å². The predicted molar refractivity (Wildman–Crippen MR) is 66.4 cm³/mol. The molecule has 16 heavy (non-hydrogen) atoms. The van der Waals surface area contributed by atoms with Gasteiger partial charge in [0.1, 0.15) is 0 Å². The number of rotatable bonds is 6. The quantitative estimate of drug-likeness (QED) is 0.745. The summed E-state index contributed by atoms with van der Waals surface area (Å²) in [4.78, 5) is 2.61. The number of likely N-dealkylation sites (tertiary alicyclic amines) is 1. The van der Waals surface area contributed by atoms with Crippen molar-refractivity contribution in [3.63, 3.8) is 0 Å². The van der Waals surface area contributed by atoms with E-state index in [4.69, 9.17) is 10.5 Å². The lowest BCUT2D eigenvalue weighted by Crippen LogP contribution is -2.39. The van der Waals surface area contributed by atoms with Crippen molar-refractivity contribution < 1.29 is 4.74 Å². The van der Waals surface area contributed by atoms with E-state index in [-0.39, 0.29) is 0 Å². The SMILES string of the molecule is CCOC[C@H]1CN(CCCN)CC12CCC2. The van der Waals surface area contributed by atoms with Gasteiger partial charge in [-0.1, -0.05) is 6.42 Å². The highest BCUT2D eigenvalue weighted by Crippen LogP contribution is 2.51. The van der Waals surface area contributed by atoms with Crippen molar-refractivity contribution in [2.45, 2.75) is 32.6 Å². The molecule has 1 aliphatic heterocycles. The fourth-order valence-electron chi connectivity index (χ4n) is 3.32. The average Bonchev–Trinajstić information content (AvgIpc) is 2.62. The first-order valence-electron chi connectivity index (χ1n) is 6.81. The molecule has 0 aromatic heterocycles. The molecule has 3 nitrogen and oxygen atoms in total. The zero-order chi connectivity index (χ0) is 11.4. The summed E-state index contributed by atoms with van der Waals surface area (Å²) in [6.07, 6.45) is 5.40. The van der Waals surface area contributed by atoms with E-state index in [0.717, 1.165) is 32.1 Å². The van der Waals surface area contributed by atoms with Gasteiger partial charge in [-0.3, -0.25) is 0 Å². The summed E-state index contributed by atoms with van der Waals surface area (Å²) < 4.78 is 5.65. The van der Waals surface area contributed by atoms with Gasteiger partial charge in [0, 0.05) is 25.6 Å². The third kappa shape index (κ3) is 2.41. The van der Waals surface area contributed by atoms with E-state index in [9.17, 15) is 0 Å². The molecule has 94 valence electrons. The minimum absolute atomic E-state index is 0.615. The Hall–Kier alpha value is -0.120. The topological polar surface area (TPSA) is 38.5 Å². The lowest BCUT2D eigenvalue weighted by molar-refractivity contribution is 0.0223. The van der Waals surface area contributed by atoms with Gasteiger partial charge in [-0.05, 0) is 44.7 Å². The molecule has 1 saturated carbocycles. The molecule has 0 bridgehead atoms. The Labute approximate surface area is 99.3 Å². The number of ether oxygens (including phenoxy) is 1. The molecule has 1 aliphatic carbocycles. The van der Waals surface area contributed by atoms with E-state index in [1.165, 1.54) is 38.9 Å². The normalized spacial score (nSPS) is 28.5. The van der Waals surface area contributed by atoms with E-state index in [2.05, 4.69) is 11.8 Å². The molecular formula is C13H26N2O. The van der Waals surface area contributed by atoms with Gasteiger partial charge < -0.3 is 15.4 Å². The summed E-state index contributed by atoms with van der Waals surface area (Å²) in [5, 5.41) is 0. The van der Waals surface area contributed by atoms with Crippen LogP contribution in [0.4, 0.5) is 0 Å². The lowest BCUT2D eigenvalue weighted by Gasteiger charge is -2.43. The molecule has 0 aromatic carbocycles. The van der Waals surface area contributed by atoms with Crippen molar-refractivity contribution in [3.8, 4) is 0 Å². The van der Waals surface area contributed by atoms with Gasteiger partial charge in [0.25, 0.3) is 0 Å². The van der Waals surface area contributed by atoms with Crippen molar-refractivity contribution in [2.24, 2.45) is 17.1 Å². The molecule has 2 fully saturated rings. The van der Waals surface area contributed by atoms with E-state index < -0.39 is 0 Å². The molecule has 2 aliphatic rings. The molecule has 1 spiro atoms. The fraction of sp³-hybridized carbons (Fsp3) is 1.00. The Bertz CT molecular complexity index is 216. The smallest absolute Gasteiger partial charge is 0.0512 e. The summed E-state index contributed by atoms with van der Waals surface area (Å²) in [6, 6.07) is 0. The van der Waals surface area contributed by atoms with Crippen LogP contribution in [0.3, 0.4) is 0 Å². The molecule has 1 heterocycles. The summed E-state index contributed by atoms with van der Waals surface area (Å²) in [5.74, 6) is 0.777. The van der Waals surface area contributed by atoms with Crippen molar-refractivity contribution in [1.82, 2.24) is 4.90 Å². The molecule has 2 rings (SSSR count). The number of nitrogens with two attached hydrogens (primary N) is 1. The van der Waals surface area contributed by atoms with Crippen LogP contribution >= 0.6 is 0 Å². The van der Waals surface area contributed by atoms with Crippen molar-refractivity contribution in [2.75, 3.05) is 39.4 Å². The third-order valence-corrected chi connectivity index (χ3v) is 4.43. The highest BCUT2D eigenvalue weighted by molar-refractivity contribution is 5.01. The first-order chi connectivity index (χ1) is 7.80. The van der Waals surface area contributed by atoms with Crippen molar-refractivity contribution >= 4 is 0 Å². The van der Waals surface area contributed by atoms with Crippen LogP contribution in [0.5, 0.6) is 0 Å². The maximum atomic E-state index is 5.65. The van der Waals surface area contributed by atoms with Crippen LogP contribution in [0.2, 0.25) is 0 Å². The summed E-state index contributed by atoms with van der Waals surface area (Å²) >= 11 is 0. The van der Waals surface area contributed by atoms with Crippen LogP contribution in [-0.4, -0.2) is 44.3 Å². The summed E-state index contributed by atoms with van der Waals surface area (Å²) in [5.41, 5.74) is 6.20. The molecule has 0 radical (unpaired) electrons. The summed E-state index contributed by atoms with van der Waals surface area (Å²) in [7, 11) is 0. The molecule has 1 saturated heterocycles. The Morgan fingerprint density at radius 1 is 1.44 bits per heavy atom. The number of nitrogens with zero attached hydrogens (tertiary/aromatic N) is 1. The minimum Gasteiger partial charge on any atom is -0.381 e. The van der Waals surface area contributed by atoms with E-state index in [1.807, 2.05) is 0 Å². The van der Waals surface area contributed by atoms with Gasteiger partial charge in [0.05, 0.1) is 6.61 Å². The van der Waals surface area contributed by atoms with E-state index in [0.29, 0.717) is 5.41 Å². The standard InChI is InChI=1S/C13H26N2O/c1-2-16-10-12-9-15(8-4-7-14)11-13(12)5-3-6-13/h12H,2-11,14H2,1H3/t12-/m1/s1. The monoisotopic (exact) mass is 226 g/mol. The minimum atomic E-state index is 0.615. The van der Waals surface area contributed by atoms with Crippen LogP contribution in [0.25, 0.3) is 0 Å². The third-order valence-electron chi connectivity index (χ3n) is 4.43. The van der Waals surface area contributed by atoms with Crippen LogP contribution < -0.4 is 5.73 Å². The molecule has 2 N–H and O–H groups in total. The maximum absolute atomic E-state index is 5.65. The molecule has 1 atom stereocenters. The van der Waals surface area contributed by atoms with Crippen molar-refractivity contribution in [3.05, 3.63) is 0 Å². The molecule has 3 heteroatoms. The second kappa shape index (κ2) is 5.48. The van der Waals surface area contributed by atoms with Gasteiger partial charge in [0.15, 0.2) is 0 Å². The lowest BCUT2D eigenvalue weighted by atomic mass is 9.63. The maximum Gasteiger partial charge on any atom is 0.0512 e. The van der Waals surface area contributed by atoms with Gasteiger partial charge in [0.2, 0.25) is 0 Å². The highest BCUT2D eigenvalue weighted by Gasteiger charge is 2.49. The molecule has 0 amide bonds. The largest absolute Gasteiger partial charge is 0.381 e. The van der Waals surface area contributed by atoms with Gasteiger partial charge >= 0.3 is 0 Å². The first kappa shape index (κ1) is 12.3. The zero-order valence-corrected chi connectivity index (χ0v) is 10.6. The Balaban J connectivity index is 1.85. The average molecular weight is 226 g/mol. The van der Waals surface area contributed by atoms with E-state index in [1.54, 1.807) is 0 Å². The second-order valence-electron chi connectivity index (χ2n) is 5.45. The Morgan fingerprint density at radius 3 is 2.81 bits per heavy atom. The van der Waals surface area contributed by atoms with Gasteiger partial charge in [-0.25, -0.2) is 0 Å². The highest BCUT2D eigenvalue weighted by atomic mass is 16.5. The Kier molecular flexibility index (Phi) is 4.22. The van der Waals surface area contributed by atoms with Crippen molar-refractivity contribution in [1.29, 1.82) is 0 Å². The van der Waals surface area contributed by atoms with Crippen LogP contribution in [-0.2, 0) is 4.74 Å². The van der Waals surface area contributed by atoms with Crippen LogP contribution in [0.1, 0.15) is 32.6 Å². The van der Waals surface area contributed by atoms with Gasteiger partial charge in [-0.15, -0.1) is 0 Å². The van der Waals surface area contributed by atoms with E-state index >= 15 is 0 Å². The van der Waals surface area contributed by atoms with Crippen LogP contribution in [0, 0.1) is 11.3 Å². The predicted octanol–water partition coefficient (Wildman–Crippen LogP) is 1.47. The molecular weight excluding hydrogens is 200 g/mol. The second-order valence-corrected chi connectivity index (χ2v) is 5.45. The van der Waals surface area contributed by atoms with Crippen LogP contribution in [0.15, 0.2) is 0 Å².